The van der Waals surface area contributed by atoms with Gasteiger partial charge in [-0.1, -0.05) is 0 Å². The van der Waals surface area contributed by atoms with Crippen LogP contribution in [0.1, 0.15) is 0 Å². The number of hydrogen-bond acceptors (Lipinski definition) is 10. The first-order valence-electron chi connectivity index (χ1n) is 4.91. The van der Waals surface area contributed by atoms with Crippen LogP contribution < -0.4 is 0 Å². The molecule has 2 amide bonds. The number of rotatable bonds is 4. The zero-order valence-electron chi connectivity index (χ0n) is 9.81. The first-order valence-corrected chi connectivity index (χ1v) is 5.79. The lowest BCUT2D eigenvalue weighted by molar-refractivity contribution is -0.694. The molecule has 0 spiro atoms. The number of fused-ring (bicyclic) bond motifs is 1. The number of urea groups is 1. The van der Waals surface area contributed by atoms with Crippen LogP contribution in [0.2, 0.25) is 0 Å². The van der Waals surface area contributed by atoms with Gasteiger partial charge < -0.3 is 0 Å². The molecule has 2 saturated heterocycles. The Bertz CT molecular complexity index is 633. The molecule has 0 saturated carbocycles. The van der Waals surface area contributed by atoms with E-state index in [1.54, 1.807) is 0 Å². The molecule has 18 heteroatoms. The van der Waals surface area contributed by atoms with Gasteiger partial charge in [-0.2, -0.15) is 0 Å². The fourth-order valence-electron chi connectivity index (χ4n) is 1.82. The Balaban J connectivity index is 2.56. The smallest absolute Gasteiger partial charge is 0.236 e. The Hall–Kier alpha value is -3.31. The molecule has 2 fully saturated rings. The van der Waals surface area contributed by atoms with E-state index in [1.165, 1.54) is 0 Å². The molecule has 2 aliphatic heterocycles. The van der Waals surface area contributed by atoms with Crippen molar-refractivity contribution >= 4 is 23.0 Å². The first kappa shape index (κ1) is 15.1. The molecule has 2 heterocycles. The molecule has 17 nitrogen and oxygen atoms in total. The summed E-state index contributed by atoms with van der Waals surface area (Å²) in [5.41, 5.74) is 0. The van der Waals surface area contributed by atoms with Crippen LogP contribution in [0.15, 0.2) is 5.10 Å². The predicted octanol–water partition coefficient (Wildman–Crippen LogP) is -1.45. The van der Waals surface area contributed by atoms with E-state index in [0.29, 0.717) is 0 Å². The van der Waals surface area contributed by atoms with Gasteiger partial charge in [0.25, 0.3) is 6.17 Å². The lowest BCUT2D eigenvalue weighted by Gasteiger charge is -2.14. The highest BCUT2D eigenvalue weighted by molar-refractivity contribution is 8.14. The molecule has 0 radical (unpaired) electrons. The Morgan fingerprint density at radius 2 is 1.41 bits per heavy atom. The van der Waals surface area contributed by atoms with Crippen LogP contribution in [0.3, 0.4) is 0 Å². The minimum atomic E-state index is -2.06. The second-order valence-corrected chi connectivity index (χ2v) is 4.66. The number of nitro groups is 4. The highest BCUT2D eigenvalue weighted by Gasteiger charge is 2.71. The maximum Gasteiger partial charge on any atom is 0.439 e. The maximum absolute atomic E-state index is 11.6. The zero-order valence-corrected chi connectivity index (χ0v) is 10.6. The molecular weight excluding hydrogens is 336 g/mol. The first-order chi connectivity index (χ1) is 10.2. The van der Waals surface area contributed by atoms with Crippen molar-refractivity contribution in [2.24, 2.45) is 5.10 Å². The summed E-state index contributed by atoms with van der Waals surface area (Å²) in [7, 11) is 0. The maximum atomic E-state index is 11.6. The second-order valence-electron chi connectivity index (χ2n) is 3.57. The van der Waals surface area contributed by atoms with Crippen LogP contribution in [-0.2, 0) is 0 Å². The minimum Gasteiger partial charge on any atom is -0.236 e. The SMILES string of the molecule is O=C1N([N+](=O)[O-])[C@@H]2S/C(=N/[N+](=O)[O-])N([N+](=O)[O-])[C@@H]2N1[N+](=O)[O-]. The molecular formula is C4H2N8O9S. The Kier molecular flexibility index (Phi) is 3.36. The number of amidine groups is 1. The highest BCUT2D eigenvalue weighted by Crippen LogP contribution is 2.41. The summed E-state index contributed by atoms with van der Waals surface area (Å²) >= 11 is 0.117. The lowest BCUT2D eigenvalue weighted by Crippen LogP contribution is -2.51. The number of carbonyl (C=O) groups excluding carboxylic acids is 1. The van der Waals surface area contributed by atoms with Gasteiger partial charge >= 0.3 is 11.2 Å². The second kappa shape index (κ2) is 4.91. The van der Waals surface area contributed by atoms with Gasteiger partial charge in [-0.25, -0.2) is 45.3 Å². The van der Waals surface area contributed by atoms with Crippen LogP contribution in [-0.4, -0.2) is 57.9 Å². The fraction of sp³-hybridized carbons (Fsp3) is 0.500. The standard InChI is InChI=1S/C4H2N8O9S/c13-4-7(11(18)19)1-2(8(4)12(20)21)22-3(5-9(14)15)6(1)10(16)17/h1-2H/b5-3+/t1-,2-/m1/s1. The molecule has 0 aromatic heterocycles. The summed E-state index contributed by atoms with van der Waals surface area (Å²) in [4.78, 5) is 54.6. The third kappa shape index (κ3) is 2.06. The van der Waals surface area contributed by atoms with Crippen molar-refractivity contribution in [2.45, 2.75) is 11.5 Å². The fourth-order valence-corrected chi connectivity index (χ4v) is 3.05. The van der Waals surface area contributed by atoms with Crippen molar-refractivity contribution in [3.8, 4) is 0 Å². The molecule has 2 rings (SSSR count). The Morgan fingerprint density at radius 3 is 1.82 bits per heavy atom. The number of hydrogen-bond donors (Lipinski definition) is 0. The number of hydrazone groups is 1. The average molecular weight is 338 g/mol. The lowest BCUT2D eigenvalue weighted by atomic mass is 10.5. The number of hydrazine groups is 3. The van der Waals surface area contributed by atoms with Gasteiger partial charge in [0.15, 0.2) is 20.1 Å². The summed E-state index contributed by atoms with van der Waals surface area (Å²) in [6, 6.07) is -1.72. The van der Waals surface area contributed by atoms with Crippen molar-refractivity contribution < 1.29 is 24.9 Å². The molecule has 2 aliphatic rings. The molecule has 118 valence electrons. The van der Waals surface area contributed by atoms with Crippen molar-refractivity contribution in [2.75, 3.05) is 0 Å². The summed E-state index contributed by atoms with van der Waals surface area (Å²) < 4.78 is 0. The van der Waals surface area contributed by atoms with Crippen molar-refractivity contribution in [1.29, 1.82) is 0 Å². The molecule has 22 heavy (non-hydrogen) atoms. The van der Waals surface area contributed by atoms with Crippen molar-refractivity contribution in [3.05, 3.63) is 40.5 Å². The quantitative estimate of drug-likeness (QED) is 0.427. The molecule has 0 aromatic carbocycles. The number of nitrogens with zero attached hydrogens (tertiary/aromatic N) is 8. The van der Waals surface area contributed by atoms with Gasteiger partial charge in [0.1, 0.15) is 0 Å². The van der Waals surface area contributed by atoms with E-state index in [2.05, 4.69) is 5.10 Å². The van der Waals surface area contributed by atoms with Gasteiger partial charge in [-0.05, 0) is 26.8 Å². The largest absolute Gasteiger partial charge is 0.439 e. The molecule has 0 N–H and O–H groups in total. The molecule has 0 bridgehead atoms. The topological polar surface area (TPSA) is 212 Å². The molecule has 2 atom stereocenters. The van der Waals surface area contributed by atoms with E-state index in [1.807, 2.05) is 0 Å². The summed E-state index contributed by atoms with van der Waals surface area (Å²) in [5, 5.41) is 36.9. The zero-order chi connectivity index (χ0) is 16.8. The van der Waals surface area contributed by atoms with Gasteiger partial charge in [-0.15, -0.1) is 0 Å². The van der Waals surface area contributed by atoms with E-state index in [4.69, 9.17) is 0 Å². The summed E-state index contributed by atoms with van der Waals surface area (Å²) in [6.45, 7) is 0. The van der Waals surface area contributed by atoms with Crippen LogP contribution in [0.5, 0.6) is 0 Å². The third-order valence-electron chi connectivity index (χ3n) is 2.51. The monoisotopic (exact) mass is 338 g/mol. The van der Waals surface area contributed by atoms with Crippen LogP contribution in [0.4, 0.5) is 4.79 Å². The van der Waals surface area contributed by atoms with E-state index >= 15 is 0 Å². The van der Waals surface area contributed by atoms with E-state index < -0.39 is 42.9 Å². The molecule has 0 unspecified atom stereocenters. The number of amides is 2. The van der Waals surface area contributed by atoms with Crippen LogP contribution in [0.25, 0.3) is 0 Å². The van der Waals surface area contributed by atoms with E-state index in [-0.39, 0.29) is 26.8 Å². The predicted molar refractivity (Wildman–Crippen MR) is 61.5 cm³/mol. The highest BCUT2D eigenvalue weighted by atomic mass is 32.2. The minimum absolute atomic E-state index is 0.117. The van der Waals surface area contributed by atoms with Gasteiger partial charge in [0, 0.05) is 0 Å². The Labute approximate surface area is 121 Å². The molecule has 0 aliphatic carbocycles. The van der Waals surface area contributed by atoms with Crippen LogP contribution in [0, 0.1) is 40.5 Å². The van der Waals surface area contributed by atoms with Crippen LogP contribution >= 0.6 is 11.8 Å². The summed E-state index contributed by atoms with van der Waals surface area (Å²) in [5.74, 6) is 0. The van der Waals surface area contributed by atoms with Gasteiger partial charge in [0.05, 0.1) is 5.10 Å². The van der Waals surface area contributed by atoms with Crippen molar-refractivity contribution in [1.82, 2.24) is 15.0 Å². The third-order valence-corrected chi connectivity index (χ3v) is 3.67. The Morgan fingerprint density at radius 1 is 0.909 bits per heavy atom. The number of thioether (sulfide) groups is 1. The average Bonchev–Trinajstić information content (AvgIpc) is 2.79. The van der Waals surface area contributed by atoms with Gasteiger partial charge in [0.2, 0.25) is 5.37 Å². The van der Waals surface area contributed by atoms with E-state index in [0.717, 1.165) is 0 Å². The number of carbonyl (C=O) groups is 1. The summed E-state index contributed by atoms with van der Waals surface area (Å²) in [6.07, 6.45) is -2.06. The molecule has 0 aromatic rings. The normalized spacial score (nSPS) is 25.5. The van der Waals surface area contributed by atoms with Gasteiger partial charge in [-0.3, -0.25) is 0 Å². The van der Waals surface area contributed by atoms with Crippen molar-refractivity contribution in [3.63, 3.8) is 0 Å². The van der Waals surface area contributed by atoms with E-state index in [9.17, 15) is 45.3 Å².